The van der Waals surface area contributed by atoms with Crippen molar-refractivity contribution in [2.75, 3.05) is 25.1 Å². The number of anilines is 1. The zero-order chi connectivity index (χ0) is 23.8. The number of fused-ring (bicyclic) bond motifs is 1. The normalized spacial score (nSPS) is 25.9. The predicted molar refractivity (Wildman–Crippen MR) is 128 cm³/mol. The van der Waals surface area contributed by atoms with Crippen LogP contribution in [0.25, 0.3) is 11.3 Å². The number of ether oxygens (including phenoxy) is 1. The van der Waals surface area contributed by atoms with Gasteiger partial charge in [0.05, 0.1) is 37.1 Å². The Morgan fingerprint density at radius 2 is 2.09 bits per heavy atom. The van der Waals surface area contributed by atoms with E-state index in [1.54, 1.807) is 24.7 Å². The first-order valence-electron chi connectivity index (χ1n) is 11.1. The molecule has 1 fully saturated rings. The zero-order valence-electron chi connectivity index (χ0n) is 18.7. The molecule has 178 valence electrons. The molecule has 2 aromatic rings. The number of hydrogen-bond acceptors (Lipinski definition) is 9. The summed E-state index contributed by atoms with van der Waals surface area (Å²) < 4.78 is 33.9. The van der Waals surface area contributed by atoms with Gasteiger partial charge in [-0.2, -0.15) is 0 Å². The maximum Gasteiger partial charge on any atom is 0.153 e. The molecule has 2 unspecified atom stereocenters. The van der Waals surface area contributed by atoms with Crippen molar-refractivity contribution >= 4 is 24.2 Å². The van der Waals surface area contributed by atoms with Gasteiger partial charge < -0.3 is 26.0 Å². The van der Waals surface area contributed by atoms with Gasteiger partial charge in [0.2, 0.25) is 0 Å². The van der Waals surface area contributed by atoms with Crippen LogP contribution in [0.15, 0.2) is 45.4 Å². The number of piperidine rings is 1. The Kier molecular flexibility index (Phi) is 5.86. The fourth-order valence-electron chi connectivity index (χ4n) is 4.51. The summed E-state index contributed by atoms with van der Waals surface area (Å²) in [6, 6.07) is 5.57. The van der Waals surface area contributed by atoms with E-state index in [0.717, 1.165) is 11.3 Å². The minimum absolute atomic E-state index is 0.307. The van der Waals surface area contributed by atoms with Crippen LogP contribution in [0.3, 0.4) is 0 Å². The Labute approximate surface area is 195 Å². The summed E-state index contributed by atoms with van der Waals surface area (Å²) in [5.74, 6) is 0.398. The summed E-state index contributed by atoms with van der Waals surface area (Å²) in [4.78, 5) is 21.4. The summed E-state index contributed by atoms with van der Waals surface area (Å²) in [5, 5.41) is 0. The van der Waals surface area contributed by atoms with Gasteiger partial charge in [0, 0.05) is 31.3 Å². The van der Waals surface area contributed by atoms with Crippen molar-refractivity contribution < 1.29 is 13.5 Å². The molecule has 0 saturated carbocycles. The smallest absolute Gasteiger partial charge is 0.153 e. The number of nitrogens with zero attached hydrogens (tertiary/aromatic N) is 6. The predicted octanol–water partition coefficient (Wildman–Crippen LogP) is 1.71. The van der Waals surface area contributed by atoms with E-state index in [9.17, 15) is 8.78 Å². The standard InChI is InChI=1S/C23H26F2N8O/c1-34-14-2-3-15(17(25)7-14)19-6-13(9-33-12-31-21-22(27)29-11-30-23(21)33)20(8-28-19)32-5-4-16(24)18(26)10-32/h2-3,6-8,11-12,16,18,21,23H,4-5,9-10,26H2,1H3,(H2,27,29,30)/t16-,18+,21?,23?/m1/s1. The fraction of sp³-hybridized carbons (Fsp3) is 0.391. The first-order valence-corrected chi connectivity index (χ1v) is 11.1. The third-order valence-electron chi connectivity index (χ3n) is 6.41. The van der Waals surface area contributed by atoms with E-state index in [2.05, 4.69) is 20.0 Å². The lowest BCUT2D eigenvalue weighted by Gasteiger charge is -2.36. The number of pyridine rings is 1. The Hall–Kier alpha value is -3.60. The van der Waals surface area contributed by atoms with Crippen LogP contribution in [0.1, 0.15) is 12.0 Å². The number of halogens is 2. The van der Waals surface area contributed by atoms with Crippen LogP contribution in [0.2, 0.25) is 0 Å². The molecule has 1 saturated heterocycles. The Morgan fingerprint density at radius 3 is 2.85 bits per heavy atom. The minimum Gasteiger partial charge on any atom is -0.497 e. The highest BCUT2D eigenvalue weighted by Crippen LogP contribution is 2.32. The summed E-state index contributed by atoms with van der Waals surface area (Å²) in [7, 11) is 1.49. The molecule has 1 aromatic carbocycles. The number of alkyl halides is 1. The summed E-state index contributed by atoms with van der Waals surface area (Å²) >= 11 is 0. The summed E-state index contributed by atoms with van der Waals surface area (Å²) in [6.45, 7) is 1.30. The second-order valence-electron chi connectivity index (χ2n) is 8.57. The first kappa shape index (κ1) is 22.2. The minimum atomic E-state index is -1.04. The number of aliphatic imine (C=N–C) groups is 3. The van der Waals surface area contributed by atoms with Gasteiger partial charge in [-0.3, -0.25) is 9.98 Å². The van der Waals surface area contributed by atoms with Gasteiger partial charge in [-0.05, 0) is 30.2 Å². The average Bonchev–Trinajstić information content (AvgIpc) is 3.25. The molecule has 3 aliphatic rings. The van der Waals surface area contributed by atoms with Gasteiger partial charge in [0.1, 0.15) is 36.0 Å². The average molecular weight is 469 g/mol. The maximum atomic E-state index is 14.8. The number of nitrogens with two attached hydrogens (primary N) is 2. The Morgan fingerprint density at radius 1 is 1.24 bits per heavy atom. The van der Waals surface area contributed by atoms with Crippen molar-refractivity contribution in [3.63, 3.8) is 0 Å². The van der Waals surface area contributed by atoms with Gasteiger partial charge in [-0.15, -0.1) is 0 Å². The van der Waals surface area contributed by atoms with Crippen molar-refractivity contribution in [3.05, 3.63) is 41.8 Å². The highest BCUT2D eigenvalue weighted by Gasteiger charge is 2.35. The molecule has 34 heavy (non-hydrogen) atoms. The third kappa shape index (κ3) is 4.07. The van der Waals surface area contributed by atoms with Crippen LogP contribution in [0, 0.1) is 5.82 Å². The van der Waals surface area contributed by atoms with Gasteiger partial charge in [0.15, 0.2) is 6.17 Å². The van der Waals surface area contributed by atoms with Crippen molar-refractivity contribution in [3.8, 4) is 17.0 Å². The molecule has 1 aromatic heterocycles. The van der Waals surface area contributed by atoms with Gasteiger partial charge in [-0.1, -0.05) is 0 Å². The van der Waals surface area contributed by atoms with Crippen LogP contribution < -0.4 is 21.1 Å². The maximum absolute atomic E-state index is 14.8. The van der Waals surface area contributed by atoms with E-state index in [1.807, 2.05) is 15.9 Å². The van der Waals surface area contributed by atoms with Crippen LogP contribution in [-0.2, 0) is 6.54 Å². The third-order valence-corrected chi connectivity index (χ3v) is 6.41. The number of benzene rings is 1. The molecule has 0 radical (unpaired) electrons. The van der Waals surface area contributed by atoms with Gasteiger partial charge >= 0.3 is 0 Å². The number of aromatic nitrogens is 1. The molecule has 4 heterocycles. The fourth-order valence-corrected chi connectivity index (χ4v) is 4.51. The first-order chi connectivity index (χ1) is 16.4. The lowest BCUT2D eigenvalue weighted by Crippen LogP contribution is -2.50. The second-order valence-corrected chi connectivity index (χ2v) is 8.57. The van der Waals surface area contributed by atoms with E-state index < -0.39 is 18.0 Å². The molecular formula is C23H26F2N8O. The van der Waals surface area contributed by atoms with Crippen LogP contribution >= 0.6 is 0 Å². The molecule has 0 amide bonds. The molecule has 4 N–H and O–H groups in total. The van der Waals surface area contributed by atoms with Crippen molar-refractivity contribution in [2.24, 2.45) is 26.4 Å². The van der Waals surface area contributed by atoms with Crippen molar-refractivity contribution in [2.45, 2.75) is 37.4 Å². The molecule has 5 rings (SSSR count). The molecule has 0 aliphatic carbocycles. The molecule has 9 nitrogen and oxygen atoms in total. The van der Waals surface area contributed by atoms with Crippen LogP contribution in [0.4, 0.5) is 14.5 Å². The highest BCUT2D eigenvalue weighted by molar-refractivity contribution is 5.96. The quantitative estimate of drug-likeness (QED) is 0.690. The molecule has 0 spiro atoms. The topological polar surface area (TPSA) is 118 Å². The van der Waals surface area contributed by atoms with Crippen molar-refractivity contribution in [1.82, 2.24) is 9.88 Å². The van der Waals surface area contributed by atoms with E-state index in [-0.39, 0.29) is 12.2 Å². The SMILES string of the molecule is COc1ccc(-c2cc(CN3C=NC4C(N)=NC=NC43)c(N3CC[C@@H](F)[C@@H](N)C3)cn2)c(F)c1. The second kappa shape index (κ2) is 8.98. The van der Waals surface area contributed by atoms with Gasteiger partial charge in [-0.25, -0.2) is 18.8 Å². The van der Waals surface area contributed by atoms with E-state index in [0.29, 0.717) is 48.9 Å². The molecule has 0 bridgehead atoms. The van der Waals surface area contributed by atoms with E-state index in [1.165, 1.54) is 19.5 Å². The summed E-state index contributed by atoms with van der Waals surface area (Å²) in [6.07, 6.45) is 3.84. The lowest BCUT2D eigenvalue weighted by molar-refractivity contribution is 0.244. The zero-order valence-corrected chi connectivity index (χ0v) is 18.7. The number of hydrogen-bond donors (Lipinski definition) is 2. The van der Waals surface area contributed by atoms with Gasteiger partial charge in [0.25, 0.3) is 0 Å². The Balaban J connectivity index is 1.50. The van der Waals surface area contributed by atoms with Crippen LogP contribution in [0.5, 0.6) is 5.75 Å². The van der Waals surface area contributed by atoms with E-state index >= 15 is 0 Å². The van der Waals surface area contributed by atoms with Crippen LogP contribution in [-0.4, -0.2) is 73.0 Å². The lowest BCUT2D eigenvalue weighted by atomic mass is 10.0. The molecule has 3 aliphatic heterocycles. The largest absolute Gasteiger partial charge is 0.497 e. The Bertz CT molecular complexity index is 1170. The number of amidine groups is 1. The number of rotatable bonds is 5. The molecular weight excluding hydrogens is 442 g/mol. The molecule has 11 heteroatoms. The molecule has 4 atom stereocenters. The highest BCUT2D eigenvalue weighted by atomic mass is 19.1. The monoisotopic (exact) mass is 468 g/mol. The number of methoxy groups -OCH3 is 1. The summed E-state index contributed by atoms with van der Waals surface area (Å²) in [5.41, 5.74) is 14.5. The van der Waals surface area contributed by atoms with E-state index in [4.69, 9.17) is 16.2 Å². The van der Waals surface area contributed by atoms with Crippen molar-refractivity contribution in [1.29, 1.82) is 0 Å².